The van der Waals surface area contributed by atoms with Crippen LogP contribution in [0.2, 0.25) is 0 Å². The van der Waals surface area contributed by atoms with Crippen LogP contribution < -0.4 is 16.0 Å². The molecule has 1 fully saturated rings. The van der Waals surface area contributed by atoms with E-state index in [0.29, 0.717) is 27.3 Å². The van der Waals surface area contributed by atoms with Gasteiger partial charge in [0.15, 0.2) is 0 Å². The van der Waals surface area contributed by atoms with Gasteiger partial charge in [0, 0.05) is 23.4 Å². The molecular weight excluding hydrogens is 519 g/mol. The van der Waals surface area contributed by atoms with Gasteiger partial charge in [-0.05, 0) is 49.1 Å². The first kappa shape index (κ1) is 26.3. The number of nitrogens with one attached hydrogen (secondary N) is 3. The van der Waals surface area contributed by atoms with E-state index in [-0.39, 0.29) is 31.0 Å². The smallest absolute Gasteiger partial charge is 0.411 e. The number of ether oxygens (including phenoxy) is 1. The lowest BCUT2D eigenvalue weighted by atomic mass is 10.0. The maximum absolute atomic E-state index is 15.0. The van der Waals surface area contributed by atoms with Crippen molar-refractivity contribution in [2.75, 3.05) is 11.9 Å². The summed E-state index contributed by atoms with van der Waals surface area (Å²) in [4.78, 5) is 41.0. The topological polar surface area (TPSA) is 109 Å². The summed E-state index contributed by atoms with van der Waals surface area (Å²) in [7, 11) is 0. The van der Waals surface area contributed by atoms with Crippen molar-refractivity contribution in [2.45, 2.75) is 38.3 Å². The highest BCUT2D eigenvalue weighted by Crippen LogP contribution is 2.33. The highest BCUT2D eigenvalue weighted by molar-refractivity contribution is 7.18. The third-order valence-corrected chi connectivity index (χ3v) is 7.48. The van der Waals surface area contributed by atoms with Crippen molar-refractivity contribution >= 4 is 45.1 Å². The van der Waals surface area contributed by atoms with Crippen molar-refractivity contribution < 1.29 is 23.5 Å². The van der Waals surface area contributed by atoms with Gasteiger partial charge in [-0.25, -0.2) is 14.2 Å². The van der Waals surface area contributed by atoms with E-state index in [1.807, 2.05) is 30.3 Å². The first-order valence-electron chi connectivity index (χ1n) is 12.6. The molecule has 1 aliphatic rings. The van der Waals surface area contributed by atoms with Crippen LogP contribution in [0, 0.1) is 5.82 Å². The van der Waals surface area contributed by atoms with Gasteiger partial charge in [-0.3, -0.25) is 14.9 Å². The Morgan fingerprint density at radius 2 is 1.82 bits per heavy atom. The fraction of sp³-hybridized carbons (Fsp3) is 0.241. The average Bonchev–Trinajstić information content (AvgIpc) is 3.66. The van der Waals surface area contributed by atoms with Crippen molar-refractivity contribution in [3.63, 3.8) is 0 Å². The number of rotatable bonds is 9. The number of carbonyl (C=O) groups is 3. The summed E-state index contributed by atoms with van der Waals surface area (Å²) in [6, 6.07) is 19.4. The quantitative estimate of drug-likeness (QED) is 0.262. The number of hydrogen-bond acceptors (Lipinski definition) is 6. The van der Waals surface area contributed by atoms with Crippen LogP contribution in [0.1, 0.15) is 36.3 Å². The Morgan fingerprint density at radius 1 is 1.08 bits per heavy atom. The molecule has 8 nitrogen and oxygen atoms in total. The van der Waals surface area contributed by atoms with E-state index in [1.54, 1.807) is 37.3 Å². The molecule has 3 N–H and O–H groups in total. The molecule has 3 aromatic carbocycles. The molecule has 0 radical (unpaired) electrons. The molecule has 1 unspecified atom stereocenters. The predicted molar refractivity (Wildman–Crippen MR) is 148 cm³/mol. The summed E-state index contributed by atoms with van der Waals surface area (Å²) >= 11 is 1.31. The van der Waals surface area contributed by atoms with Crippen LogP contribution >= 0.6 is 11.3 Å². The second-order valence-corrected chi connectivity index (χ2v) is 10.5. The van der Waals surface area contributed by atoms with Crippen LogP contribution in [0.5, 0.6) is 0 Å². The van der Waals surface area contributed by atoms with E-state index in [0.717, 1.165) is 23.1 Å². The maximum atomic E-state index is 15.0. The van der Waals surface area contributed by atoms with Gasteiger partial charge in [-0.2, -0.15) is 0 Å². The lowest BCUT2D eigenvalue weighted by molar-refractivity contribution is -0.126. The summed E-state index contributed by atoms with van der Waals surface area (Å²) in [5.74, 6) is -1.56. The van der Waals surface area contributed by atoms with E-state index in [1.165, 1.54) is 17.4 Å². The number of carbonyl (C=O) groups excluding carboxylic acids is 3. The number of fused-ring (bicyclic) bond motifs is 1. The third-order valence-electron chi connectivity index (χ3n) is 6.28. The van der Waals surface area contributed by atoms with Gasteiger partial charge in [0.1, 0.15) is 17.4 Å². The average molecular weight is 547 g/mol. The van der Waals surface area contributed by atoms with Gasteiger partial charge in [0.05, 0.1) is 22.7 Å². The zero-order valence-corrected chi connectivity index (χ0v) is 22.0. The van der Waals surface area contributed by atoms with Crippen LogP contribution in [0.4, 0.5) is 14.9 Å². The van der Waals surface area contributed by atoms with E-state index >= 15 is 4.39 Å². The van der Waals surface area contributed by atoms with Crippen LogP contribution in [-0.4, -0.2) is 35.5 Å². The maximum Gasteiger partial charge on any atom is 0.411 e. The molecule has 1 aliphatic carbocycles. The molecule has 39 heavy (non-hydrogen) atoms. The molecule has 0 saturated heterocycles. The zero-order chi connectivity index (χ0) is 27.4. The molecule has 4 aromatic rings. The second kappa shape index (κ2) is 11.6. The molecule has 1 atom stereocenters. The number of thiazole rings is 1. The molecular formula is C29H27FN4O4S. The molecule has 0 aliphatic heterocycles. The summed E-state index contributed by atoms with van der Waals surface area (Å²) in [6.45, 7) is 1.78. The minimum atomic E-state index is -0.588. The molecule has 1 heterocycles. The van der Waals surface area contributed by atoms with Crippen LogP contribution in [0.3, 0.4) is 0 Å². The fourth-order valence-electron chi connectivity index (χ4n) is 3.92. The third kappa shape index (κ3) is 6.77. The van der Waals surface area contributed by atoms with Crippen molar-refractivity contribution in [3.05, 3.63) is 83.1 Å². The molecule has 10 heteroatoms. The molecule has 200 valence electrons. The highest BCUT2D eigenvalue weighted by Gasteiger charge is 2.25. The van der Waals surface area contributed by atoms with Gasteiger partial charge in [-0.15, -0.1) is 11.3 Å². The minimum Gasteiger partial charge on any atom is -0.444 e. The van der Waals surface area contributed by atoms with Crippen LogP contribution in [-0.2, 0) is 20.9 Å². The Kier molecular flexibility index (Phi) is 7.83. The molecule has 0 spiro atoms. The monoisotopic (exact) mass is 546 g/mol. The van der Waals surface area contributed by atoms with E-state index in [4.69, 9.17) is 4.74 Å². The van der Waals surface area contributed by atoms with Gasteiger partial charge >= 0.3 is 6.09 Å². The Balaban J connectivity index is 1.22. The van der Waals surface area contributed by atoms with Crippen molar-refractivity contribution in [2.24, 2.45) is 0 Å². The first-order chi connectivity index (χ1) is 18.9. The number of aromatic nitrogens is 1. The molecule has 1 aromatic heterocycles. The number of hydrogen-bond donors (Lipinski definition) is 3. The first-order valence-corrected chi connectivity index (χ1v) is 13.4. The largest absolute Gasteiger partial charge is 0.444 e. The highest BCUT2D eigenvalue weighted by atomic mass is 32.1. The summed E-state index contributed by atoms with van der Waals surface area (Å²) in [5.41, 5.74) is 2.86. The lowest BCUT2D eigenvalue weighted by Gasteiger charge is -2.09. The van der Waals surface area contributed by atoms with E-state index in [2.05, 4.69) is 20.9 Å². The van der Waals surface area contributed by atoms with Gasteiger partial charge < -0.3 is 15.4 Å². The molecule has 5 rings (SSSR count). The van der Waals surface area contributed by atoms with Crippen LogP contribution in [0.25, 0.3) is 21.3 Å². The number of anilines is 1. The van der Waals surface area contributed by atoms with Crippen molar-refractivity contribution in [3.8, 4) is 11.1 Å². The normalized spacial score (nSPS) is 13.5. The predicted octanol–water partition coefficient (Wildman–Crippen LogP) is 5.35. The molecule has 3 amide bonds. The fourth-order valence-corrected chi connectivity index (χ4v) is 4.96. The van der Waals surface area contributed by atoms with Crippen LogP contribution in [0.15, 0.2) is 66.7 Å². The number of halogens is 1. The number of amides is 3. The Hall–Kier alpha value is -4.31. The number of nitrogens with zero attached hydrogens (tertiary/aromatic N) is 1. The van der Waals surface area contributed by atoms with E-state index < -0.39 is 17.8 Å². The Morgan fingerprint density at radius 3 is 2.54 bits per heavy atom. The van der Waals surface area contributed by atoms with Gasteiger partial charge in [-0.1, -0.05) is 42.5 Å². The SMILES string of the molecule is CC(C(=O)NCC(=O)NC1CC1)c1nc2cc(F)c(-c3ccc(NC(=O)OCc4ccccc4)cc3)cc2s1. The zero-order valence-electron chi connectivity index (χ0n) is 21.2. The lowest BCUT2D eigenvalue weighted by Crippen LogP contribution is -2.39. The van der Waals surface area contributed by atoms with E-state index in [9.17, 15) is 14.4 Å². The Bertz CT molecular complexity index is 1500. The van der Waals surface area contributed by atoms with Gasteiger partial charge in [0.2, 0.25) is 11.8 Å². The Labute approximate surface area is 228 Å². The van der Waals surface area contributed by atoms with Gasteiger partial charge in [0.25, 0.3) is 0 Å². The summed E-state index contributed by atoms with van der Waals surface area (Å²) < 4.78 is 21.0. The molecule has 0 bridgehead atoms. The van der Waals surface area contributed by atoms with Crippen molar-refractivity contribution in [1.82, 2.24) is 15.6 Å². The standard InChI is InChI=1S/C29H27FN4O4S/c1-17(27(36)31-15-26(35)32-20-11-12-20)28-34-24-14-23(30)22(13-25(24)39-28)19-7-9-21(10-8-19)33-29(37)38-16-18-5-3-2-4-6-18/h2-10,13-14,17,20H,11-12,15-16H2,1H3,(H,31,36)(H,32,35)(H,33,37). The minimum absolute atomic E-state index is 0.0844. The van der Waals surface area contributed by atoms with Crippen molar-refractivity contribution in [1.29, 1.82) is 0 Å². The number of benzene rings is 3. The summed E-state index contributed by atoms with van der Waals surface area (Å²) in [6.07, 6.45) is 1.37. The second-order valence-electron chi connectivity index (χ2n) is 9.40. The molecule has 1 saturated carbocycles. The summed E-state index contributed by atoms with van der Waals surface area (Å²) in [5, 5.41) is 8.67.